The Morgan fingerprint density at radius 3 is 2.44 bits per heavy atom. The smallest absolute Gasteiger partial charge is 0.282 e. The van der Waals surface area contributed by atoms with E-state index in [0.717, 1.165) is 42.6 Å². The zero-order valence-corrected chi connectivity index (χ0v) is 15.7. The minimum absolute atomic E-state index is 0.0153. The van der Waals surface area contributed by atoms with Crippen molar-refractivity contribution in [3.63, 3.8) is 0 Å². The summed E-state index contributed by atoms with van der Waals surface area (Å²) in [6, 6.07) is 15.3. The summed E-state index contributed by atoms with van der Waals surface area (Å²) in [6.07, 6.45) is 0. The van der Waals surface area contributed by atoms with E-state index in [2.05, 4.69) is 10.2 Å². The quantitative estimate of drug-likeness (QED) is 0.829. The van der Waals surface area contributed by atoms with Gasteiger partial charge in [-0.3, -0.25) is 14.5 Å². The molecule has 7 heteroatoms. The molecule has 0 radical (unpaired) electrons. The number of amides is 2. The first-order valence-electron chi connectivity index (χ1n) is 9.14. The van der Waals surface area contributed by atoms with Gasteiger partial charge in [0.2, 0.25) is 5.91 Å². The molecule has 2 aromatic carbocycles. The largest absolute Gasteiger partial charge is 0.359 e. The molecule has 4 rings (SSSR count). The number of hydrogen-bond donors (Lipinski definition) is 2. The van der Waals surface area contributed by atoms with Crippen LogP contribution in [0.15, 0.2) is 48.5 Å². The number of para-hydroxylation sites is 3. The van der Waals surface area contributed by atoms with Crippen LogP contribution in [0.1, 0.15) is 0 Å². The van der Waals surface area contributed by atoms with E-state index in [1.165, 1.54) is 4.90 Å². The Bertz CT molecular complexity index is 865. The van der Waals surface area contributed by atoms with Gasteiger partial charge >= 0.3 is 0 Å². The molecule has 2 amide bonds. The molecule has 6 nitrogen and oxygen atoms in total. The highest BCUT2D eigenvalue weighted by Gasteiger charge is 2.30. The topological polar surface area (TPSA) is 57.1 Å². The van der Waals surface area contributed by atoms with Gasteiger partial charge in [0.15, 0.2) is 6.54 Å². The van der Waals surface area contributed by atoms with E-state index in [4.69, 9.17) is 11.6 Å². The molecular weight excluding hydrogens is 364 g/mol. The van der Waals surface area contributed by atoms with Crippen molar-refractivity contribution in [1.82, 2.24) is 0 Å². The van der Waals surface area contributed by atoms with Gasteiger partial charge in [0.1, 0.15) is 6.54 Å². The highest BCUT2D eigenvalue weighted by Crippen LogP contribution is 2.28. The number of benzene rings is 2. The molecule has 0 spiro atoms. The second kappa shape index (κ2) is 7.58. The maximum atomic E-state index is 12.9. The van der Waals surface area contributed by atoms with E-state index in [-0.39, 0.29) is 18.4 Å². The normalized spacial score (nSPS) is 17.4. The Labute approximate surface area is 163 Å². The number of fused-ring (bicyclic) bond motifs is 1. The fourth-order valence-electron chi connectivity index (χ4n) is 3.71. The van der Waals surface area contributed by atoms with Gasteiger partial charge in [0.25, 0.3) is 5.91 Å². The average molecular weight is 386 g/mol. The molecule has 0 saturated carbocycles. The predicted molar refractivity (Wildman–Crippen MR) is 107 cm³/mol. The highest BCUT2D eigenvalue weighted by molar-refractivity contribution is 6.33. The average Bonchev–Trinajstić information content (AvgIpc) is 2.68. The maximum absolute atomic E-state index is 12.9. The van der Waals surface area contributed by atoms with E-state index < -0.39 is 0 Å². The summed E-state index contributed by atoms with van der Waals surface area (Å²) in [4.78, 5) is 29.9. The van der Waals surface area contributed by atoms with Crippen LogP contribution < -0.4 is 20.0 Å². The zero-order valence-electron chi connectivity index (χ0n) is 15.0. The van der Waals surface area contributed by atoms with Gasteiger partial charge in [-0.15, -0.1) is 0 Å². The molecule has 2 aromatic rings. The van der Waals surface area contributed by atoms with Crippen molar-refractivity contribution in [3.8, 4) is 0 Å². The molecule has 140 valence electrons. The third-order valence-electron chi connectivity index (χ3n) is 5.14. The fourth-order valence-corrected chi connectivity index (χ4v) is 3.97. The van der Waals surface area contributed by atoms with Crippen LogP contribution in [0.3, 0.4) is 0 Å². The van der Waals surface area contributed by atoms with Crippen molar-refractivity contribution >= 4 is 40.5 Å². The molecule has 0 unspecified atom stereocenters. The van der Waals surface area contributed by atoms with Gasteiger partial charge in [0.05, 0.1) is 48.3 Å². The Morgan fingerprint density at radius 2 is 1.70 bits per heavy atom. The monoisotopic (exact) mass is 385 g/mol. The number of halogens is 1. The first-order valence-corrected chi connectivity index (χ1v) is 9.52. The first-order chi connectivity index (χ1) is 13.1. The third-order valence-corrected chi connectivity index (χ3v) is 5.46. The SMILES string of the molecule is O=C1CN(C(=O)C[NH+]2CCN(c3ccccc3Cl)CC2)c2ccccc2N1. The molecule has 0 bridgehead atoms. The number of hydrogen-bond acceptors (Lipinski definition) is 3. The first kappa shape index (κ1) is 17.8. The molecule has 0 aromatic heterocycles. The van der Waals surface area contributed by atoms with Gasteiger partial charge < -0.3 is 15.1 Å². The van der Waals surface area contributed by atoms with Crippen LogP contribution in [0, 0.1) is 0 Å². The lowest BCUT2D eigenvalue weighted by atomic mass is 10.2. The molecule has 1 fully saturated rings. The molecule has 2 aliphatic rings. The minimum atomic E-state index is -0.152. The Balaban J connectivity index is 1.39. The molecule has 27 heavy (non-hydrogen) atoms. The van der Waals surface area contributed by atoms with E-state index in [9.17, 15) is 9.59 Å². The number of carbonyl (C=O) groups is 2. The second-order valence-corrected chi connectivity index (χ2v) is 7.32. The van der Waals surface area contributed by atoms with E-state index in [1.807, 2.05) is 48.5 Å². The van der Waals surface area contributed by atoms with Crippen molar-refractivity contribution in [2.75, 3.05) is 54.4 Å². The van der Waals surface area contributed by atoms with Gasteiger partial charge in [-0.2, -0.15) is 0 Å². The fraction of sp³-hybridized carbons (Fsp3) is 0.300. The summed E-state index contributed by atoms with van der Waals surface area (Å²) >= 11 is 6.29. The number of quaternary nitrogens is 1. The standard InChI is InChI=1S/C20H21ClN4O2/c21-15-5-1-3-7-17(15)24-11-9-23(10-12-24)14-20(27)25-13-19(26)22-16-6-2-4-8-18(16)25/h1-8H,9-14H2,(H,22,26)/p+1. The van der Waals surface area contributed by atoms with Crippen molar-refractivity contribution in [2.24, 2.45) is 0 Å². The maximum Gasteiger partial charge on any atom is 0.282 e. The molecule has 2 aliphatic heterocycles. The summed E-state index contributed by atoms with van der Waals surface area (Å²) in [6.45, 7) is 3.89. The van der Waals surface area contributed by atoms with Gasteiger partial charge in [-0.1, -0.05) is 35.9 Å². The number of piperazine rings is 1. The molecular formula is C20H22ClN4O2+. The summed E-state index contributed by atoms with van der Waals surface area (Å²) in [5.74, 6) is -0.168. The minimum Gasteiger partial charge on any atom is -0.359 e. The van der Waals surface area contributed by atoms with E-state index >= 15 is 0 Å². The Kier molecular flexibility index (Phi) is 5.01. The van der Waals surface area contributed by atoms with Crippen LogP contribution in [0.2, 0.25) is 5.02 Å². The Hall–Kier alpha value is -2.57. The summed E-state index contributed by atoms with van der Waals surface area (Å²) < 4.78 is 0. The van der Waals surface area contributed by atoms with Gasteiger partial charge in [0, 0.05) is 0 Å². The molecule has 0 atom stereocenters. The van der Waals surface area contributed by atoms with Crippen molar-refractivity contribution in [2.45, 2.75) is 0 Å². The summed E-state index contributed by atoms with van der Waals surface area (Å²) in [5.41, 5.74) is 2.52. The summed E-state index contributed by atoms with van der Waals surface area (Å²) in [7, 11) is 0. The molecule has 0 aliphatic carbocycles. The van der Waals surface area contributed by atoms with E-state index in [0.29, 0.717) is 12.2 Å². The van der Waals surface area contributed by atoms with Crippen LogP contribution >= 0.6 is 11.6 Å². The van der Waals surface area contributed by atoms with Crippen molar-refractivity contribution in [1.29, 1.82) is 0 Å². The number of rotatable bonds is 3. The van der Waals surface area contributed by atoms with Crippen LogP contribution in [0.25, 0.3) is 0 Å². The lowest BCUT2D eigenvalue weighted by Crippen LogP contribution is -3.16. The highest BCUT2D eigenvalue weighted by atomic mass is 35.5. The number of carbonyl (C=O) groups excluding carboxylic acids is 2. The van der Waals surface area contributed by atoms with Crippen LogP contribution in [-0.4, -0.2) is 51.1 Å². The number of nitrogens with zero attached hydrogens (tertiary/aromatic N) is 2. The van der Waals surface area contributed by atoms with Crippen molar-refractivity contribution < 1.29 is 14.5 Å². The third kappa shape index (κ3) is 3.77. The predicted octanol–water partition coefficient (Wildman–Crippen LogP) is 1.03. The van der Waals surface area contributed by atoms with Crippen LogP contribution in [-0.2, 0) is 9.59 Å². The van der Waals surface area contributed by atoms with Gasteiger partial charge in [-0.05, 0) is 24.3 Å². The van der Waals surface area contributed by atoms with Crippen LogP contribution in [0.5, 0.6) is 0 Å². The number of nitrogens with one attached hydrogen (secondary N) is 2. The van der Waals surface area contributed by atoms with Gasteiger partial charge in [-0.25, -0.2) is 0 Å². The number of anilines is 3. The lowest BCUT2D eigenvalue weighted by molar-refractivity contribution is -0.892. The molecule has 2 heterocycles. The Morgan fingerprint density at radius 1 is 1.04 bits per heavy atom. The molecule has 1 saturated heterocycles. The lowest BCUT2D eigenvalue weighted by Gasteiger charge is -2.35. The second-order valence-electron chi connectivity index (χ2n) is 6.91. The van der Waals surface area contributed by atoms with Crippen molar-refractivity contribution in [3.05, 3.63) is 53.6 Å². The van der Waals surface area contributed by atoms with E-state index in [1.54, 1.807) is 4.90 Å². The molecule has 2 N–H and O–H groups in total. The zero-order chi connectivity index (χ0) is 18.8. The summed E-state index contributed by atoms with van der Waals surface area (Å²) in [5, 5.41) is 3.58. The van der Waals surface area contributed by atoms with Crippen LogP contribution in [0.4, 0.5) is 17.1 Å².